The quantitative estimate of drug-likeness (QED) is 0.444. The van der Waals surface area contributed by atoms with Gasteiger partial charge in [0.15, 0.2) is 0 Å². The Balaban J connectivity index is 1.69. The minimum Gasteiger partial charge on any atom is -0.481 e. The number of aryl methyl sites for hydroxylation is 1. The van der Waals surface area contributed by atoms with Gasteiger partial charge in [-0.1, -0.05) is 60.7 Å². The number of benzene rings is 2. The van der Waals surface area contributed by atoms with Crippen LogP contribution in [0.25, 0.3) is 0 Å². The molecular formula is C28H28N2O4. The maximum atomic E-state index is 12.3. The summed E-state index contributed by atoms with van der Waals surface area (Å²) in [7, 11) is 0. The van der Waals surface area contributed by atoms with Crippen molar-refractivity contribution in [2.24, 2.45) is 11.1 Å². The molecule has 0 spiro atoms. The van der Waals surface area contributed by atoms with Crippen molar-refractivity contribution in [1.29, 1.82) is 0 Å². The monoisotopic (exact) mass is 456 g/mol. The van der Waals surface area contributed by atoms with Gasteiger partial charge < -0.3 is 10.0 Å². The summed E-state index contributed by atoms with van der Waals surface area (Å²) in [4.78, 5) is 36.2. The van der Waals surface area contributed by atoms with Gasteiger partial charge in [0.25, 0.3) is 0 Å². The Labute approximate surface area is 200 Å². The topological polar surface area (TPSA) is 87.0 Å². The van der Waals surface area contributed by atoms with Crippen LogP contribution < -0.4 is 0 Å². The predicted octanol–water partition coefficient (Wildman–Crippen LogP) is 5.07. The van der Waals surface area contributed by atoms with Gasteiger partial charge in [-0.3, -0.25) is 9.59 Å². The molecule has 0 aromatic heterocycles. The number of allylic oxidation sites excluding steroid dienone is 1. The molecule has 1 aliphatic rings. The molecule has 2 aromatic carbocycles. The summed E-state index contributed by atoms with van der Waals surface area (Å²) in [6.07, 6.45) is 7.83. The van der Waals surface area contributed by atoms with Gasteiger partial charge in [-0.15, -0.1) is 0 Å². The van der Waals surface area contributed by atoms with E-state index in [-0.39, 0.29) is 12.5 Å². The maximum absolute atomic E-state index is 12.3. The Morgan fingerprint density at radius 1 is 1.00 bits per heavy atom. The first kappa shape index (κ1) is 24.7. The van der Waals surface area contributed by atoms with Crippen LogP contribution in [0, 0.1) is 22.7 Å². The number of carbonyl (C=O) groups is 2. The third-order valence-electron chi connectivity index (χ3n) is 5.70. The summed E-state index contributed by atoms with van der Waals surface area (Å²) in [5.41, 5.74) is 4.48. The standard InChI is InChI=1S/C28H28N2O4/c1-3-4-5-21-6-8-22(9-7-21)10-11-23-12-14-24(15-13-23)19-30(20(2)31)25-16-17-26(28(32)33)27(18-25)29-34/h6-9,12-18,26-27H,3-5,19H2,1-2H3,(H,32,33). The highest BCUT2D eigenvalue weighted by Crippen LogP contribution is 2.24. The third-order valence-corrected chi connectivity index (χ3v) is 5.70. The molecule has 0 saturated heterocycles. The number of nitroso groups, excluding NO2 is 1. The summed E-state index contributed by atoms with van der Waals surface area (Å²) >= 11 is 0. The van der Waals surface area contributed by atoms with Crippen LogP contribution in [0.3, 0.4) is 0 Å². The normalized spacial score (nSPS) is 16.7. The van der Waals surface area contributed by atoms with Crippen molar-refractivity contribution in [2.75, 3.05) is 0 Å². The largest absolute Gasteiger partial charge is 0.481 e. The lowest BCUT2D eigenvalue weighted by molar-refractivity contribution is -0.140. The van der Waals surface area contributed by atoms with Crippen molar-refractivity contribution in [3.63, 3.8) is 0 Å². The second kappa shape index (κ2) is 11.8. The van der Waals surface area contributed by atoms with Gasteiger partial charge in [-0.25, -0.2) is 0 Å². The summed E-state index contributed by atoms with van der Waals surface area (Å²) in [5, 5.41) is 12.1. The molecular weight excluding hydrogens is 428 g/mol. The van der Waals surface area contributed by atoms with E-state index >= 15 is 0 Å². The first-order valence-corrected chi connectivity index (χ1v) is 11.3. The van der Waals surface area contributed by atoms with Crippen molar-refractivity contribution in [3.8, 4) is 11.8 Å². The molecule has 174 valence electrons. The molecule has 3 rings (SSSR count). The first-order valence-electron chi connectivity index (χ1n) is 11.3. The number of hydrogen-bond acceptors (Lipinski definition) is 4. The minimum atomic E-state index is -1.13. The van der Waals surface area contributed by atoms with Gasteiger partial charge in [-0.2, -0.15) is 4.91 Å². The zero-order valence-corrected chi connectivity index (χ0v) is 19.4. The summed E-state index contributed by atoms with van der Waals surface area (Å²) in [6.45, 7) is 3.89. The van der Waals surface area contributed by atoms with E-state index in [1.807, 2.05) is 36.4 Å². The second-order valence-corrected chi connectivity index (χ2v) is 8.26. The Morgan fingerprint density at radius 3 is 2.09 bits per heavy atom. The van der Waals surface area contributed by atoms with Crippen molar-refractivity contribution >= 4 is 11.9 Å². The number of carboxylic acids is 1. The van der Waals surface area contributed by atoms with Crippen molar-refractivity contribution in [2.45, 2.75) is 45.7 Å². The number of nitrogens with zero attached hydrogens (tertiary/aromatic N) is 2. The highest BCUT2D eigenvalue weighted by atomic mass is 16.4. The number of carboxylic acid groups (broad SMARTS) is 1. The zero-order valence-electron chi connectivity index (χ0n) is 19.4. The molecule has 1 N–H and O–H groups in total. The van der Waals surface area contributed by atoms with E-state index in [1.165, 1.54) is 42.4 Å². The maximum Gasteiger partial charge on any atom is 0.313 e. The Bertz CT molecular complexity index is 1150. The zero-order chi connectivity index (χ0) is 24.5. The fourth-order valence-corrected chi connectivity index (χ4v) is 3.70. The average Bonchev–Trinajstić information content (AvgIpc) is 2.85. The smallest absolute Gasteiger partial charge is 0.313 e. The number of carbonyl (C=O) groups excluding carboxylic acids is 1. The van der Waals surface area contributed by atoms with Crippen molar-refractivity contribution in [1.82, 2.24) is 4.90 Å². The van der Waals surface area contributed by atoms with Gasteiger partial charge >= 0.3 is 5.97 Å². The Morgan fingerprint density at radius 2 is 1.59 bits per heavy atom. The van der Waals surface area contributed by atoms with E-state index in [4.69, 9.17) is 0 Å². The van der Waals surface area contributed by atoms with E-state index < -0.39 is 17.9 Å². The Kier molecular flexibility index (Phi) is 8.53. The molecule has 6 heteroatoms. The predicted molar refractivity (Wildman–Crippen MR) is 132 cm³/mol. The van der Waals surface area contributed by atoms with Gasteiger partial charge in [0.2, 0.25) is 5.91 Å². The highest BCUT2D eigenvalue weighted by molar-refractivity contribution is 5.78. The van der Waals surface area contributed by atoms with Gasteiger partial charge in [0, 0.05) is 23.7 Å². The van der Waals surface area contributed by atoms with Gasteiger partial charge in [0.05, 0.1) is 6.54 Å². The van der Waals surface area contributed by atoms with Crippen LogP contribution in [0.5, 0.6) is 0 Å². The van der Waals surface area contributed by atoms with Crippen LogP contribution >= 0.6 is 0 Å². The summed E-state index contributed by atoms with van der Waals surface area (Å²) in [6, 6.07) is 14.9. The van der Waals surface area contributed by atoms with Crippen LogP contribution in [0.2, 0.25) is 0 Å². The van der Waals surface area contributed by atoms with Crippen molar-refractivity contribution in [3.05, 3.63) is 99.6 Å². The number of hydrogen-bond donors (Lipinski definition) is 1. The van der Waals surface area contributed by atoms with E-state index in [2.05, 4.69) is 36.1 Å². The van der Waals surface area contributed by atoms with Crippen LogP contribution in [0.1, 0.15) is 48.9 Å². The molecule has 34 heavy (non-hydrogen) atoms. The number of aliphatic carboxylic acids is 1. The summed E-state index contributed by atoms with van der Waals surface area (Å²) in [5.74, 6) is 3.96. The molecule has 1 aliphatic carbocycles. The number of rotatable bonds is 8. The van der Waals surface area contributed by atoms with Crippen LogP contribution in [-0.4, -0.2) is 27.9 Å². The third kappa shape index (κ3) is 6.52. The molecule has 0 radical (unpaired) electrons. The first-order chi connectivity index (χ1) is 16.4. The lowest BCUT2D eigenvalue weighted by atomic mass is 9.94. The van der Waals surface area contributed by atoms with Gasteiger partial charge in [-0.05, 0) is 60.4 Å². The summed E-state index contributed by atoms with van der Waals surface area (Å²) < 4.78 is 0. The molecule has 0 fully saturated rings. The average molecular weight is 457 g/mol. The van der Waals surface area contributed by atoms with Crippen LogP contribution in [0.4, 0.5) is 0 Å². The molecule has 0 heterocycles. The fourth-order valence-electron chi connectivity index (χ4n) is 3.70. The second-order valence-electron chi connectivity index (χ2n) is 8.26. The molecule has 0 aliphatic heterocycles. The molecule has 2 aromatic rings. The fraction of sp³-hybridized carbons (Fsp3) is 0.286. The SMILES string of the molecule is CCCCc1ccc(C#Cc2ccc(CN(C(C)=O)C3=CC(N=O)C(C(=O)O)C=C3)cc2)cc1. The van der Waals surface area contributed by atoms with Crippen LogP contribution in [-0.2, 0) is 22.6 Å². The molecule has 0 saturated carbocycles. The minimum absolute atomic E-state index is 0.222. The van der Waals surface area contributed by atoms with E-state index in [0.29, 0.717) is 5.70 Å². The molecule has 2 unspecified atom stereocenters. The number of amides is 1. The lowest BCUT2D eigenvalue weighted by Crippen LogP contribution is -2.32. The molecule has 1 amide bonds. The Hall–Kier alpha value is -3.98. The van der Waals surface area contributed by atoms with Crippen molar-refractivity contribution < 1.29 is 14.7 Å². The molecule has 2 atom stereocenters. The van der Waals surface area contributed by atoms with Gasteiger partial charge in [0.1, 0.15) is 12.0 Å². The van der Waals surface area contributed by atoms with E-state index in [9.17, 15) is 19.6 Å². The lowest BCUT2D eigenvalue weighted by Gasteiger charge is -2.26. The van der Waals surface area contributed by atoms with E-state index in [0.717, 1.165) is 23.1 Å². The highest BCUT2D eigenvalue weighted by Gasteiger charge is 2.30. The molecule has 6 nitrogen and oxygen atoms in total. The molecule has 0 bridgehead atoms. The van der Waals surface area contributed by atoms with E-state index in [1.54, 1.807) is 6.08 Å². The number of unbranched alkanes of at least 4 members (excludes halogenated alkanes) is 1. The van der Waals surface area contributed by atoms with Crippen LogP contribution in [0.15, 0.2) is 77.6 Å².